The topological polar surface area (TPSA) is 54.5 Å². The van der Waals surface area contributed by atoms with E-state index in [1.54, 1.807) is 18.3 Å². The van der Waals surface area contributed by atoms with Crippen LogP contribution in [0.15, 0.2) is 72.9 Å². The van der Waals surface area contributed by atoms with Crippen LogP contribution in [-0.2, 0) is 11.0 Å². The number of carbonyl (C=O) groups is 1. The largest absolute Gasteiger partial charge is 0.492 e. The Bertz CT molecular complexity index is 1120. The van der Waals surface area contributed by atoms with Gasteiger partial charge in [-0.3, -0.25) is 14.7 Å². The summed E-state index contributed by atoms with van der Waals surface area (Å²) < 4.78 is 43.6. The van der Waals surface area contributed by atoms with E-state index in [0.29, 0.717) is 36.8 Å². The van der Waals surface area contributed by atoms with E-state index in [4.69, 9.17) is 16.3 Å². The number of likely N-dealkylation sites (tertiary alicyclic amines) is 1. The Hall–Kier alpha value is -3.10. The quantitative estimate of drug-likeness (QED) is 0.413. The van der Waals surface area contributed by atoms with Crippen LogP contribution in [0.1, 0.15) is 35.7 Å². The Labute approximate surface area is 213 Å². The lowest BCUT2D eigenvalue weighted by atomic mass is 9.94. The second kappa shape index (κ2) is 11.8. The third kappa shape index (κ3) is 6.98. The molecule has 0 radical (unpaired) electrons. The lowest BCUT2D eigenvalue weighted by Crippen LogP contribution is -2.42. The van der Waals surface area contributed by atoms with Crippen LogP contribution in [0.3, 0.4) is 0 Å². The number of hydrogen-bond acceptors (Lipinski definition) is 4. The number of rotatable bonds is 8. The van der Waals surface area contributed by atoms with Gasteiger partial charge in [0.2, 0.25) is 5.91 Å². The molecule has 1 fully saturated rings. The van der Waals surface area contributed by atoms with Gasteiger partial charge in [0, 0.05) is 23.7 Å². The summed E-state index contributed by atoms with van der Waals surface area (Å²) in [5.74, 6) is 0.275. The molecule has 9 heteroatoms. The molecule has 2 heterocycles. The van der Waals surface area contributed by atoms with Gasteiger partial charge < -0.3 is 10.1 Å². The summed E-state index contributed by atoms with van der Waals surface area (Å²) >= 11 is 6.04. The normalized spacial score (nSPS) is 15.9. The summed E-state index contributed by atoms with van der Waals surface area (Å²) in [6.07, 6.45) is -1.24. The number of benzene rings is 2. The van der Waals surface area contributed by atoms with Crippen LogP contribution < -0.4 is 10.1 Å². The molecular weight excluding hydrogens is 491 g/mol. The van der Waals surface area contributed by atoms with Crippen molar-refractivity contribution in [2.24, 2.45) is 5.92 Å². The van der Waals surface area contributed by atoms with Gasteiger partial charge >= 0.3 is 6.18 Å². The van der Waals surface area contributed by atoms with E-state index in [1.165, 1.54) is 12.1 Å². The van der Waals surface area contributed by atoms with Gasteiger partial charge in [0.1, 0.15) is 12.4 Å². The summed E-state index contributed by atoms with van der Waals surface area (Å²) in [6, 6.07) is 17.3. The fourth-order valence-corrected chi connectivity index (χ4v) is 4.37. The molecule has 1 amide bonds. The molecule has 0 spiro atoms. The summed E-state index contributed by atoms with van der Waals surface area (Å²) in [5, 5.41) is 3.79. The van der Waals surface area contributed by atoms with Gasteiger partial charge in [0.05, 0.1) is 17.3 Å². The Kier molecular flexibility index (Phi) is 8.48. The van der Waals surface area contributed by atoms with Gasteiger partial charge in [0.25, 0.3) is 0 Å². The third-order valence-corrected chi connectivity index (χ3v) is 6.54. The number of nitrogens with one attached hydrogen (secondary N) is 1. The maximum Gasteiger partial charge on any atom is 0.416 e. The molecule has 2 aromatic carbocycles. The highest BCUT2D eigenvalue weighted by Crippen LogP contribution is 2.30. The lowest BCUT2D eigenvalue weighted by molar-refractivity contribution is -0.137. The van der Waals surface area contributed by atoms with Gasteiger partial charge in [-0.2, -0.15) is 13.2 Å². The van der Waals surface area contributed by atoms with Crippen LogP contribution in [0.5, 0.6) is 5.75 Å². The number of aromatic nitrogens is 1. The van der Waals surface area contributed by atoms with Crippen molar-refractivity contribution in [2.45, 2.75) is 25.1 Å². The number of halogens is 4. The van der Waals surface area contributed by atoms with Crippen LogP contribution >= 0.6 is 11.6 Å². The first-order valence-electron chi connectivity index (χ1n) is 11.8. The second-order valence-corrected chi connectivity index (χ2v) is 9.17. The number of hydrogen-bond donors (Lipinski definition) is 1. The molecule has 1 aliphatic heterocycles. The van der Waals surface area contributed by atoms with Gasteiger partial charge in [-0.15, -0.1) is 0 Å². The molecule has 1 aromatic heterocycles. The van der Waals surface area contributed by atoms with E-state index in [1.807, 2.05) is 30.3 Å². The van der Waals surface area contributed by atoms with Gasteiger partial charge in [-0.25, -0.2) is 0 Å². The molecule has 3 aromatic rings. The Balaban J connectivity index is 1.26. The highest BCUT2D eigenvalue weighted by atomic mass is 35.5. The number of amides is 1. The Morgan fingerprint density at radius 1 is 1.06 bits per heavy atom. The van der Waals surface area contributed by atoms with Crippen molar-refractivity contribution < 1.29 is 22.7 Å². The number of alkyl halides is 3. The zero-order chi connectivity index (χ0) is 25.5. The van der Waals surface area contributed by atoms with Crippen LogP contribution in [0, 0.1) is 5.92 Å². The van der Waals surface area contributed by atoms with Gasteiger partial charge in [0.15, 0.2) is 0 Å². The summed E-state index contributed by atoms with van der Waals surface area (Å²) in [5.41, 5.74) is 0.965. The first-order valence-corrected chi connectivity index (χ1v) is 12.2. The maximum atomic E-state index is 13.1. The van der Waals surface area contributed by atoms with E-state index < -0.39 is 11.7 Å². The number of piperidine rings is 1. The fraction of sp³-hybridized carbons (Fsp3) is 0.333. The zero-order valence-corrected chi connectivity index (χ0v) is 20.3. The van der Waals surface area contributed by atoms with Crippen LogP contribution in [-0.4, -0.2) is 42.0 Å². The number of pyridine rings is 1. The van der Waals surface area contributed by atoms with Crippen molar-refractivity contribution in [1.82, 2.24) is 15.2 Å². The van der Waals surface area contributed by atoms with Crippen molar-refractivity contribution in [3.63, 3.8) is 0 Å². The summed E-state index contributed by atoms with van der Waals surface area (Å²) in [4.78, 5) is 19.8. The molecule has 190 valence electrons. The van der Waals surface area contributed by atoms with Crippen molar-refractivity contribution >= 4 is 17.5 Å². The maximum absolute atomic E-state index is 13.1. The van der Waals surface area contributed by atoms with E-state index >= 15 is 0 Å². The first-order chi connectivity index (χ1) is 17.3. The fourth-order valence-electron chi connectivity index (χ4n) is 4.24. The highest BCUT2D eigenvalue weighted by Gasteiger charge is 2.30. The van der Waals surface area contributed by atoms with Crippen LogP contribution in [0.4, 0.5) is 13.2 Å². The molecule has 0 saturated carbocycles. The zero-order valence-electron chi connectivity index (χ0n) is 19.5. The van der Waals surface area contributed by atoms with Gasteiger partial charge in [-0.05, 0) is 80.0 Å². The van der Waals surface area contributed by atoms with Crippen LogP contribution in [0.2, 0.25) is 5.02 Å². The molecule has 36 heavy (non-hydrogen) atoms. The van der Waals surface area contributed by atoms with E-state index in [2.05, 4.69) is 15.2 Å². The summed E-state index contributed by atoms with van der Waals surface area (Å²) in [6.45, 7) is 2.48. The Morgan fingerprint density at radius 2 is 1.75 bits per heavy atom. The van der Waals surface area contributed by atoms with Gasteiger partial charge in [-0.1, -0.05) is 29.8 Å². The van der Waals surface area contributed by atoms with E-state index in [0.717, 1.165) is 36.5 Å². The number of nitrogens with zero attached hydrogens (tertiary/aromatic N) is 2. The SMILES string of the molecule is O=C(NC(c1ccc(Cl)cc1)c1ccccn1)C1CCN(CCOc2ccc(C(F)(F)F)cc2)CC1. The monoisotopic (exact) mass is 517 g/mol. The Morgan fingerprint density at radius 3 is 2.36 bits per heavy atom. The minimum atomic E-state index is -4.36. The second-order valence-electron chi connectivity index (χ2n) is 8.73. The predicted octanol–water partition coefficient (Wildman–Crippen LogP) is 5.75. The molecule has 0 bridgehead atoms. The van der Waals surface area contributed by atoms with Crippen molar-refractivity contribution in [3.05, 3.63) is 94.8 Å². The molecular formula is C27H27ClF3N3O2. The average Bonchev–Trinajstić information content (AvgIpc) is 2.88. The molecule has 5 nitrogen and oxygen atoms in total. The van der Waals surface area contributed by atoms with Crippen molar-refractivity contribution in [1.29, 1.82) is 0 Å². The molecule has 1 saturated heterocycles. The molecule has 4 rings (SSSR count). The highest BCUT2D eigenvalue weighted by molar-refractivity contribution is 6.30. The lowest BCUT2D eigenvalue weighted by Gasteiger charge is -2.32. The van der Waals surface area contributed by atoms with E-state index in [9.17, 15) is 18.0 Å². The standard InChI is InChI=1S/C27H27ClF3N3O2/c28-22-8-4-19(5-9-22)25(24-3-1-2-14-32-24)33-26(35)20-12-15-34(16-13-20)17-18-36-23-10-6-21(7-11-23)27(29,30)31/h1-11,14,20,25H,12-13,15-18H2,(H,33,35). The molecule has 1 N–H and O–H groups in total. The van der Waals surface area contributed by atoms with E-state index in [-0.39, 0.29) is 17.9 Å². The van der Waals surface area contributed by atoms with Crippen molar-refractivity contribution in [3.8, 4) is 5.75 Å². The first kappa shape index (κ1) is 26.0. The molecule has 1 aliphatic rings. The number of ether oxygens (including phenoxy) is 1. The van der Waals surface area contributed by atoms with Crippen molar-refractivity contribution in [2.75, 3.05) is 26.2 Å². The predicted molar refractivity (Wildman–Crippen MR) is 132 cm³/mol. The third-order valence-electron chi connectivity index (χ3n) is 6.29. The molecule has 1 unspecified atom stereocenters. The van der Waals surface area contributed by atoms with Crippen LogP contribution in [0.25, 0.3) is 0 Å². The number of carbonyl (C=O) groups excluding carboxylic acids is 1. The molecule has 0 aliphatic carbocycles. The summed E-state index contributed by atoms with van der Waals surface area (Å²) in [7, 11) is 0. The smallest absolute Gasteiger partial charge is 0.416 e. The minimum Gasteiger partial charge on any atom is -0.492 e. The minimum absolute atomic E-state index is 0.0127. The molecule has 1 atom stereocenters. The average molecular weight is 518 g/mol.